The summed E-state index contributed by atoms with van der Waals surface area (Å²) >= 11 is 0. The molecule has 1 heterocycles. The number of furan rings is 1. The van der Waals surface area contributed by atoms with Crippen molar-refractivity contribution in [2.24, 2.45) is 5.10 Å². The largest absolute Gasteiger partial charge is 0.455 e. The van der Waals surface area contributed by atoms with Gasteiger partial charge in [0.1, 0.15) is 11.5 Å². The number of rotatable bonds is 4. The van der Waals surface area contributed by atoms with E-state index in [0.717, 1.165) is 17.8 Å². The third kappa shape index (κ3) is 3.84. The molecule has 0 aliphatic rings. The Morgan fingerprint density at radius 2 is 1.71 bits per heavy atom. The van der Waals surface area contributed by atoms with Gasteiger partial charge in [-0.2, -0.15) is 18.3 Å². The fraction of sp³-hybridized carbons (Fsp3) is 0.0556. The molecule has 0 unspecified atom stereocenters. The van der Waals surface area contributed by atoms with Crippen LogP contribution in [0.25, 0.3) is 11.3 Å². The van der Waals surface area contributed by atoms with Gasteiger partial charge < -0.3 is 4.42 Å². The van der Waals surface area contributed by atoms with Crippen molar-refractivity contribution in [3.8, 4) is 11.3 Å². The molecule has 24 heavy (non-hydrogen) atoms. The second-order valence-corrected chi connectivity index (χ2v) is 5.02. The first-order valence-electron chi connectivity index (χ1n) is 7.14. The maximum absolute atomic E-state index is 12.8. The fourth-order valence-electron chi connectivity index (χ4n) is 2.11. The van der Waals surface area contributed by atoms with Gasteiger partial charge >= 0.3 is 6.18 Å². The van der Waals surface area contributed by atoms with Crippen molar-refractivity contribution >= 4 is 11.9 Å². The van der Waals surface area contributed by atoms with Crippen molar-refractivity contribution < 1.29 is 17.6 Å². The second kappa shape index (κ2) is 6.62. The number of hydrogen-bond acceptors (Lipinski definition) is 3. The zero-order valence-electron chi connectivity index (χ0n) is 12.4. The van der Waals surface area contributed by atoms with Gasteiger partial charge in [0, 0.05) is 5.56 Å². The van der Waals surface area contributed by atoms with Crippen molar-refractivity contribution in [3.05, 3.63) is 78.1 Å². The number of benzene rings is 2. The van der Waals surface area contributed by atoms with E-state index < -0.39 is 11.7 Å². The fourth-order valence-corrected chi connectivity index (χ4v) is 2.11. The van der Waals surface area contributed by atoms with Crippen LogP contribution in [0.1, 0.15) is 11.3 Å². The van der Waals surface area contributed by atoms with E-state index in [1.165, 1.54) is 12.3 Å². The van der Waals surface area contributed by atoms with Crippen LogP contribution >= 0.6 is 0 Å². The summed E-state index contributed by atoms with van der Waals surface area (Å²) in [5.41, 5.74) is 3.30. The topological polar surface area (TPSA) is 37.5 Å². The average Bonchev–Trinajstić information content (AvgIpc) is 3.04. The second-order valence-electron chi connectivity index (χ2n) is 5.02. The molecule has 1 N–H and O–H groups in total. The van der Waals surface area contributed by atoms with Crippen molar-refractivity contribution in [1.29, 1.82) is 0 Å². The smallest absolute Gasteiger partial charge is 0.416 e. The molecule has 1 aromatic heterocycles. The van der Waals surface area contributed by atoms with Crippen LogP contribution in [-0.4, -0.2) is 6.21 Å². The van der Waals surface area contributed by atoms with E-state index in [9.17, 15) is 13.2 Å². The number of alkyl halides is 3. The van der Waals surface area contributed by atoms with E-state index in [1.54, 1.807) is 18.2 Å². The molecular formula is C18H13F3N2O. The lowest BCUT2D eigenvalue weighted by molar-refractivity contribution is -0.137. The third-order valence-electron chi connectivity index (χ3n) is 3.26. The molecule has 0 saturated carbocycles. The summed E-state index contributed by atoms with van der Waals surface area (Å²) in [5, 5.41) is 4.03. The molecule has 3 nitrogen and oxygen atoms in total. The van der Waals surface area contributed by atoms with Crippen LogP contribution < -0.4 is 5.43 Å². The third-order valence-corrected chi connectivity index (χ3v) is 3.26. The van der Waals surface area contributed by atoms with Crippen LogP contribution in [0.15, 0.2) is 76.2 Å². The molecule has 0 bridgehead atoms. The van der Waals surface area contributed by atoms with Crippen LogP contribution in [-0.2, 0) is 6.18 Å². The minimum Gasteiger partial charge on any atom is -0.455 e. The number of anilines is 1. The normalized spacial score (nSPS) is 11.8. The highest BCUT2D eigenvalue weighted by atomic mass is 19.4. The van der Waals surface area contributed by atoms with Crippen LogP contribution in [0.5, 0.6) is 0 Å². The number of nitrogens with zero attached hydrogens (tertiary/aromatic N) is 1. The minimum absolute atomic E-state index is 0.349. The molecule has 0 amide bonds. The summed E-state index contributed by atoms with van der Waals surface area (Å²) in [6.45, 7) is 0. The molecule has 0 atom stereocenters. The van der Waals surface area contributed by atoms with E-state index in [-0.39, 0.29) is 0 Å². The van der Waals surface area contributed by atoms with Crippen molar-refractivity contribution in [1.82, 2.24) is 0 Å². The molecular weight excluding hydrogens is 317 g/mol. The minimum atomic E-state index is -4.38. The summed E-state index contributed by atoms with van der Waals surface area (Å²) in [6, 6.07) is 17.6. The molecule has 122 valence electrons. The van der Waals surface area contributed by atoms with E-state index >= 15 is 0 Å². The summed E-state index contributed by atoms with van der Waals surface area (Å²) in [4.78, 5) is 0. The molecule has 0 aliphatic heterocycles. The predicted octanol–water partition coefficient (Wildman–Crippen LogP) is 5.41. The highest BCUT2D eigenvalue weighted by Crippen LogP contribution is 2.32. The summed E-state index contributed by atoms with van der Waals surface area (Å²) < 4.78 is 43.8. The highest BCUT2D eigenvalue weighted by Gasteiger charge is 2.30. The van der Waals surface area contributed by atoms with Crippen LogP contribution in [0.2, 0.25) is 0 Å². The lowest BCUT2D eigenvalue weighted by Crippen LogP contribution is -2.04. The number of nitrogens with one attached hydrogen (secondary N) is 1. The maximum atomic E-state index is 12.8. The quantitative estimate of drug-likeness (QED) is 0.513. The standard InChI is InChI=1S/C18H13F3N2O/c19-18(20,21)14-6-4-5-13(11-14)17-10-9-16(24-17)12-22-23-15-7-2-1-3-8-15/h1-12,23H. The van der Waals surface area contributed by atoms with Crippen LogP contribution in [0.4, 0.5) is 18.9 Å². The summed E-state index contributed by atoms with van der Waals surface area (Å²) in [7, 11) is 0. The van der Waals surface area contributed by atoms with Gasteiger partial charge in [0.25, 0.3) is 0 Å². The van der Waals surface area contributed by atoms with Crippen molar-refractivity contribution in [3.63, 3.8) is 0 Å². The number of para-hydroxylation sites is 1. The molecule has 0 spiro atoms. The van der Waals surface area contributed by atoms with Gasteiger partial charge in [-0.3, -0.25) is 5.43 Å². The van der Waals surface area contributed by atoms with E-state index in [1.807, 2.05) is 30.3 Å². The Kier molecular flexibility index (Phi) is 4.37. The molecule has 0 fully saturated rings. The predicted molar refractivity (Wildman–Crippen MR) is 86.8 cm³/mol. The highest BCUT2D eigenvalue weighted by molar-refractivity contribution is 5.78. The first-order chi connectivity index (χ1) is 11.5. The Bertz CT molecular complexity index is 839. The lowest BCUT2D eigenvalue weighted by atomic mass is 10.1. The SMILES string of the molecule is FC(F)(F)c1cccc(-c2ccc(C=NNc3ccccc3)o2)c1. The Balaban J connectivity index is 1.74. The van der Waals surface area contributed by atoms with Gasteiger partial charge in [-0.05, 0) is 36.4 Å². The lowest BCUT2D eigenvalue weighted by Gasteiger charge is -2.07. The Hall–Kier alpha value is -3.02. The first-order valence-corrected chi connectivity index (χ1v) is 7.14. The van der Waals surface area contributed by atoms with Gasteiger partial charge in [0.05, 0.1) is 17.5 Å². The van der Waals surface area contributed by atoms with Gasteiger partial charge in [0.15, 0.2) is 0 Å². The van der Waals surface area contributed by atoms with E-state index in [4.69, 9.17) is 4.42 Å². The number of hydrogen-bond donors (Lipinski definition) is 1. The molecule has 2 aromatic carbocycles. The zero-order chi connectivity index (χ0) is 17.0. The zero-order valence-corrected chi connectivity index (χ0v) is 12.4. The van der Waals surface area contributed by atoms with Crippen LogP contribution in [0.3, 0.4) is 0 Å². The monoisotopic (exact) mass is 330 g/mol. The first kappa shape index (κ1) is 15.9. The van der Waals surface area contributed by atoms with Gasteiger partial charge in [0.2, 0.25) is 0 Å². The van der Waals surface area contributed by atoms with E-state index in [2.05, 4.69) is 10.5 Å². The van der Waals surface area contributed by atoms with E-state index in [0.29, 0.717) is 17.1 Å². The maximum Gasteiger partial charge on any atom is 0.416 e. The Morgan fingerprint density at radius 3 is 2.46 bits per heavy atom. The molecule has 0 aliphatic carbocycles. The van der Waals surface area contributed by atoms with Gasteiger partial charge in [-0.25, -0.2) is 0 Å². The summed E-state index contributed by atoms with van der Waals surface area (Å²) in [6.07, 6.45) is -2.92. The molecule has 3 rings (SSSR count). The van der Waals surface area contributed by atoms with Crippen molar-refractivity contribution in [2.75, 3.05) is 5.43 Å². The molecule has 0 radical (unpaired) electrons. The number of hydrazone groups is 1. The summed E-state index contributed by atoms with van der Waals surface area (Å²) in [5.74, 6) is 0.785. The molecule has 6 heteroatoms. The molecule has 3 aromatic rings. The molecule has 0 saturated heterocycles. The van der Waals surface area contributed by atoms with Crippen LogP contribution in [0, 0.1) is 0 Å². The van der Waals surface area contributed by atoms with Crippen molar-refractivity contribution in [2.45, 2.75) is 6.18 Å². The Labute approximate surface area is 136 Å². The van der Waals surface area contributed by atoms with Gasteiger partial charge in [-0.15, -0.1) is 0 Å². The van der Waals surface area contributed by atoms with Gasteiger partial charge in [-0.1, -0.05) is 30.3 Å². The Morgan fingerprint density at radius 1 is 0.917 bits per heavy atom. The average molecular weight is 330 g/mol. The number of halogens is 3.